The number of thioether (sulfide) groups is 1. The summed E-state index contributed by atoms with van der Waals surface area (Å²) in [5, 5.41) is 4.57. The highest BCUT2D eigenvalue weighted by molar-refractivity contribution is 8.00. The number of primary amides is 1. The summed E-state index contributed by atoms with van der Waals surface area (Å²) in [5.74, 6) is -0.788. The lowest BCUT2D eigenvalue weighted by Gasteiger charge is -2.21. The van der Waals surface area contributed by atoms with Crippen molar-refractivity contribution in [3.8, 4) is 11.1 Å². The third-order valence-electron chi connectivity index (χ3n) is 5.79. The molecule has 0 radical (unpaired) electrons. The molecule has 1 atom stereocenters. The van der Waals surface area contributed by atoms with E-state index < -0.39 is 11.9 Å². The first-order valence-corrected chi connectivity index (χ1v) is 11.5. The zero-order valence-corrected chi connectivity index (χ0v) is 18.4. The van der Waals surface area contributed by atoms with Crippen LogP contribution < -0.4 is 11.1 Å². The third kappa shape index (κ3) is 3.79. The first kappa shape index (κ1) is 21.0. The summed E-state index contributed by atoms with van der Waals surface area (Å²) in [7, 11) is 0. The predicted molar refractivity (Wildman–Crippen MR) is 130 cm³/mol. The lowest BCUT2D eigenvalue weighted by molar-refractivity contribution is -0.126. The van der Waals surface area contributed by atoms with Crippen LogP contribution in [-0.4, -0.2) is 23.4 Å². The van der Waals surface area contributed by atoms with Crippen LogP contribution in [0.2, 0.25) is 0 Å². The van der Waals surface area contributed by atoms with E-state index in [1.165, 1.54) is 11.8 Å². The molecule has 0 fully saturated rings. The molecule has 0 spiro atoms. The summed E-state index contributed by atoms with van der Waals surface area (Å²) in [4.78, 5) is 38.5. The second-order valence-electron chi connectivity index (χ2n) is 7.82. The Morgan fingerprint density at radius 3 is 2.24 bits per heavy atom. The van der Waals surface area contributed by atoms with Crippen molar-refractivity contribution >= 4 is 40.1 Å². The number of nitrogens with one attached hydrogen (secondary N) is 1. The Morgan fingerprint density at radius 1 is 0.788 bits per heavy atom. The van der Waals surface area contributed by atoms with Crippen molar-refractivity contribution in [3.63, 3.8) is 0 Å². The molecule has 33 heavy (non-hydrogen) atoms. The van der Waals surface area contributed by atoms with Crippen molar-refractivity contribution in [3.05, 3.63) is 102 Å². The molecule has 1 unspecified atom stereocenters. The average molecular weight is 453 g/mol. The smallest absolute Gasteiger partial charge is 0.244 e. The molecule has 2 amide bonds. The highest BCUT2D eigenvalue weighted by Crippen LogP contribution is 2.42. The van der Waals surface area contributed by atoms with Crippen molar-refractivity contribution in [1.82, 2.24) is 5.32 Å². The standard InChI is InChI=1S/C27H20N2O3S/c28-27(32)25(16-7-2-1-3-8-16)29-23(30)15-33-22-14-13-18-17-9-4-5-10-19(17)26(31)21-12-6-11-20(22)24(18)21/h1-14,25H,15H2,(H2,28,32)(H,29,30). The number of hydrogen-bond acceptors (Lipinski definition) is 4. The number of hydrogen-bond donors (Lipinski definition) is 2. The highest BCUT2D eigenvalue weighted by Gasteiger charge is 2.26. The SMILES string of the molecule is NC(=O)C(NC(=O)CSc1ccc2c3c(cccc13)C(=O)c1ccccc1-2)c1ccccc1. The second kappa shape index (κ2) is 8.56. The van der Waals surface area contributed by atoms with Crippen LogP contribution in [0.25, 0.3) is 21.9 Å². The molecule has 0 aliphatic heterocycles. The van der Waals surface area contributed by atoms with Crippen LogP contribution in [0.1, 0.15) is 27.5 Å². The van der Waals surface area contributed by atoms with E-state index in [2.05, 4.69) is 5.32 Å². The molecule has 5 nitrogen and oxygen atoms in total. The Kier molecular flexibility index (Phi) is 5.44. The summed E-state index contributed by atoms with van der Waals surface area (Å²) in [5.41, 5.74) is 9.47. The number of amides is 2. The maximum Gasteiger partial charge on any atom is 0.244 e. The predicted octanol–water partition coefficient (Wildman–Crippen LogP) is 4.49. The Balaban J connectivity index is 1.42. The van der Waals surface area contributed by atoms with Crippen molar-refractivity contribution in [2.45, 2.75) is 10.9 Å². The Labute approximate surface area is 195 Å². The van der Waals surface area contributed by atoms with E-state index in [4.69, 9.17) is 5.73 Å². The molecule has 3 N–H and O–H groups in total. The summed E-state index contributed by atoms with van der Waals surface area (Å²) in [6.45, 7) is 0. The van der Waals surface area contributed by atoms with Crippen LogP contribution in [0.4, 0.5) is 0 Å². The quantitative estimate of drug-likeness (QED) is 0.372. The van der Waals surface area contributed by atoms with Crippen LogP contribution in [0.15, 0.2) is 89.8 Å². The zero-order chi connectivity index (χ0) is 22.9. The number of nitrogens with two attached hydrogens (primary N) is 1. The van der Waals surface area contributed by atoms with Gasteiger partial charge in [0.1, 0.15) is 6.04 Å². The van der Waals surface area contributed by atoms with Crippen molar-refractivity contribution < 1.29 is 14.4 Å². The van der Waals surface area contributed by atoms with Gasteiger partial charge >= 0.3 is 0 Å². The van der Waals surface area contributed by atoms with Gasteiger partial charge in [0.25, 0.3) is 0 Å². The van der Waals surface area contributed by atoms with E-state index in [9.17, 15) is 14.4 Å². The van der Waals surface area contributed by atoms with E-state index >= 15 is 0 Å². The molecule has 0 heterocycles. The fourth-order valence-corrected chi connectivity index (χ4v) is 5.15. The van der Waals surface area contributed by atoms with E-state index in [-0.39, 0.29) is 17.4 Å². The van der Waals surface area contributed by atoms with Gasteiger partial charge < -0.3 is 11.1 Å². The van der Waals surface area contributed by atoms with Crippen LogP contribution in [-0.2, 0) is 9.59 Å². The largest absolute Gasteiger partial charge is 0.368 e. The number of rotatable bonds is 6. The first-order chi connectivity index (χ1) is 16.0. The summed E-state index contributed by atoms with van der Waals surface area (Å²) < 4.78 is 0. The molecular formula is C27H20N2O3S. The van der Waals surface area contributed by atoms with Gasteiger partial charge in [-0.3, -0.25) is 14.4 Å². The molecule has 5 rings (SSSR count). The monoisotopic (exact) mass is 452 g/mol. The van der Waals surface area contributed by atoms with Gasteiger partial charge in [0.15, 0.2) is 5.78 Å². The normalized spacial score (nSPS) is 12.8. The maximum absolute atomic E-state index is 13.1. The number of benzene rings is 4. The molecular weight excluding hydrogens is 432 g/mol. The fraction of sp³-hybridized carbons (Fsp3) is 0.0741. The Morgan fingerprint density at radius 2 is 1.48 bits per heavy atom. The van der Waals surface area contributed by atoms with Gasteiger partial charge in [0, 0.05) is 21.4 Å². The molecule has 6 heteroatoms. The van der Waals surface area contributed by atoms with Crippen molar-refractivity contribution in [2.24, 2.45) is 5.73 Å². The van der Waals surface area contributed by atoms with Crippen LogP contribution >= 0.6 is 11.8 Å². The summed E-state index contributed by atoms with van der Waals surface area (Å²) >= 11 is 1.37. The minimum atomic E-state index is -0.884. The van der Waals surface area contributed by atoms with Gasteiger partial charge in [-0.15, -0.1) is 11.8 Å². The molecule has 162 valence electrons. The minimum Gasteiger partial charge on any atom is -0.368 e. The fourth-order valence-electron chi connectivity index (χ4n) is 4.29. The molecule has 0 bridgehead atoms. The van der Waals surface area contributed by atoms with E-state index in [1.807, 2.05) is 60.7 Å². The summed E-state index contributed by atoms with van der Waals surface area (Å²) in [6.07, 6.45) is 0. The molecule has 1 aliphatic rings. The number of carbonyl (C=O) groups excluding carboxylic acids is 3. The van der Waals surface area contributed by atoms with Gasteiger partial charge in [-0.1, -0.05) is 78.9 Å². The lowest BCUT2D eigenvalue weighted by atomic mass is 9.83. The maximum atomic E-state index is 13.1. The first-order valence-electron chi connectivity index (χ1n) is 10.5. The highest BCUT2D eigenvalue weighted by atomic mass is 32.2. The lowest BCUT2D eigenvalue weighted by Crippen LogP contribution is -2.38. The average Bonchev–Trinajstić information content (AvgIpc) is 2.85. The van der Waals surface area contributed by atoms with Crippen molar-refractivity contribution in [2.75, 3.05) is 5.75 Å². The Bertz CT molecular complexity index is 1420. The molecule has 4 aromatic rings. The molecule has 1 aliphatic carbocycles. The van der Waals surface area contributed by atoms with Crippen LogP contribution in [0, 0.1) is 0 Å². The molecule has 0 saturated carbocycles. The second-order valence-corrected chi connectivity index (χ2v) is 8.83. The molecule has 0 aromatic heterocycles. The van der Waals surface area contributed by atoms with Gasteiger partial charge in [0.05, 0.1) is 5.75 Å². The molecule has 0 saturated heterocycles. The van der Waals surface area contributed by atoms with Gasteiger partial charge in [-0.2, -0.15) is 0 Å². The molecule has 4 aromatic carbocycles. The van der Waals surface area contributed by atoms with E-state index in [1.54, 1.807) is 24.3 Å². The third-order valence-corrected chi connectivity index (χ3v) is 6.86. The van der Waals surface area contributed by atoms with E-state index in [0.29, 0.717) is 16.7 Å². The minimum absolute atomic E-state index is 0.00996. The number of ketones is 1. The van der Waals surface area contributed by atoms with E-state index in [0.717, 1.165) is 26.8 Å². The van der Waals surface area contributed by atoms with Crippen LogP contribution in [0.5, 0.6) is 0 Å². The number of carbonyl (C=O) groups is 3. The van der Waals surface area contributed by atoms with Crippen molar-refractivity contribution in [1.29, 1.82) is 0 Å². The summed E-state index contributed by atoms with van der Waals surface area (Å²) in [6, 6.07) is 25.3. The Hall–Kier alpha value is -3.90. The van der Waals surface area contributed by atoms with Gasteiger partial charge in [0.2, 0.25) is 11.8 Å². The van der Waals surface area contributed by atoms with Gasteiger partial charge in [-0.05, 0) is 28.1 Å². The van der Waals surface area contributed by atoms with Crippen LogP contribution in [0.3, 0.4) is 0 Å². The number of fused-ring (bicyclic) bond motifs is 2. The zero-order valence-electron chi connectivity index (χ0n) is 17.6. The van der Waals surface area contributed by atoms with Gasteiger partial charge in [-0.25, -0.2) is 0 Å². The topological polar surface area (TPSA) is 89.3 Å².